The third-order valence-electron chi connectivity index (χ3n) is 5.86. The van der Waals surface area contributed by atoms with E-state index in [9.17, 15) is 14.9 Å². The zero-order valence-electron chi connectivity index (χ0n) is 12.4. The van der Waals surface area contributed by atoms with Crippen LogP contribution in [0.5, 0.6) is 0 Å². The minimum absolute atomic E-state index is 0.0196. The van der Waals surface area contributed by atoms with Crippen molar-refractivity contribution in [2.24, 2.45) is 23.7 Å². The van der Waals surface area contributed by atoms with Gasteiger partial charge >= 0.3 is 0 Å². The maximum absolute atomic E-state index is 12.4. The van der Waals surface area contributed by atoms with Gasteiger partial charge in [-0.15, -0.1) is 0 Å². The molecule has 4 saturated carbocycles. The topological polar surface area (TPSA) is 72.2 Å². The predicted molar refractivity (Wildman–Crippen MR) is 81.4 cm³/mol. The molecule has 0 saturated heterocycles. The fraction of sp³-hybridized carbons (Fsp3) is 0.588. The number of nitrogens with one attached hydrogen (secondary N) is 1. The summed E-state index contributed by atoms with van der Waals surface area (Å²) < 4.78 is 0. The maximum atomic E-state index is 12.4. The standard InChI is InChI=1S/C17H20N2O3/c20-17(12-1-3-15(4-2-12)19(21)22)18-16-13-6-10-5-11(8-13)9-14(16)7-10/h1-4,10-11,13-14,16H,5-9H2,(H,18,20). The number of hydrogen-bond acceptors (Lipinski definition) is 3. The quantitative estimate of drug-likeness (QED) is 0.688. The number of hydrogen-bond donors (Lipinski definition) is 1. The Morgan fingerprint density at radius 2 is 1.55 bits per heavy atom. The summed E-state index contributed by atoms with van der Waals surface area (Å²) in [7, 11) is 0. The van der Waals surface area contributed by atoms with E-state index < -0.39 is 4.92 Å². The highest BCUT2D eigenvalue weighted by atomic mass is 16.6. The van der Waals surface area contributed by atoms with Crippen molar-refractivity contribution in [3.05, 3.63) is 39.9 Å². The number of nitrogens with zero attached hydrogens (tertiary/aromatic N) is 1. The average molecular weight is 300 g/mol. The number of nitro groups is 1. The second-order valence-corrected chi connectivity index (χ2v) is 7.23. The van der Waals surface area contributed by atoms with E-state index in [-0.39, 0.29) is 11.6 Å². The molecule has 0 radical (unpaired) electrons. The molecule has 0 atom stereocenters. The summed E-state index contributed by atoms with van der Waals surface area (Å²) in [6, 6.07) is 6.18. The van der Waals surface area contributed by atoms with Crippen molar-refractivity contribution in [2.75, 3.05) is 0 Å². The summed E-state index contributed by atoms with van der Waals surface area (Å²) in [5.74, 6) is 2.95. The maximum Gasteiger partial charge on any atom is 0.269 e. The van der Waals surface area contributed by atoms with Crippen molar-refractivity contribution in [1.29, 1.82) is 0 Å². The molecule has 5 nitrogen and oxygen atoms in total. The summed E-state index contributed by atoms with van der Waals surface area (Å²) in [4.78, 5) is 22.7. The Balaban J connectivity index is 1.47. The highest BCUT2D eigenvalue weighted by molar-refractivity contribution is 5.94. The predicted octanol–water partition coefficient (Wildman–Crippen LogP) is 3.15. The molecule has 1 amide bonds. The lowest BCUT2D eigenvalue weighted by Gasteiger charge is -2.54. The average Bonchev–Trinajstić information content (AvgIpc) is 2.50. The summed E-state index contributed by atoms with van der Waals surface area (Å²) in [5.41, 5.74) is 0.533. The minimum Gasteiger partial charge on any atom is -0.349 e. The van der Waals surface area contributed by atoms with E-state index in [2.05, 4.69) is 5.32 Å². The van der Waals surface area contributed by atoms with Crippen LogP contribution in [-0.4, -0.2) is 16.9 Å². The fourth-order valence-electron chi connectivity index (χ4n) is 5.13. The molecule has 0 heterocycles. The molecule has 4 aliphatic carbocycles. The van der Waals surface area contributed by atoms with Crippen LogP contribution in [0.1, 0.15) is 42.5 Å². The van der Waals surface area contributed by atoms with Gasteiger partial charge in [0.2, 0.25) is 0 Å². The minimum atomic E-state index is -0.445. The lowest BCUT2D eigenvalue weighted by molar-refractivity contribution is -0.384. The summed E-state index contributed by atoms with van der Waals surface area (Å²) in [6.45, 7) is 0. The molecule has 4 aliphatic rings. The highest BCUT2D eigenvalue weighted by Gasteiger charge is 2.48. The van der Waals surface area contributed by atoms with Crippen LogP contribution in [0.25, 0.3) is 0 Å². The normalized spacial score (nSPS) is 35.4. The van der Waals surface area contributed by atoms with Crippen LogP contribution in [0, 0.1) is 33.8 Å². The van der Waals surface area contributed by atoms with E-state index in [1.807, 2.05) is 0 Å². The SMILES string of the molecule is O=C(NC1C2CC3CC(C2)CC1C3)c1ccc([N+](=O)[O-])cc1. The molecule has 0 unspecified atom stereocenters. The van der Waals surface area contributed by atoms with E-state index in [0.29, 0.717) is 23.4 Å². The van der Waals surface area contributed by atoms with Gasteiger partial charge in [-0.1, -0.05) is 0 Å². The molecule has 1 N–H and O–H groups in total. The number of carbonyl (C=O) groups excluding carboxylic acids is 1. The van der Waals surface area contributed by atoms with Gasteiger partial charge in [0.15, 0.2) is 0 Å². The Morgan fingerprint density at radius 1 is 1.00 bits per heavy atom. The molecular formula is C17H20N2O3. The van der Waals surface area contributed by atoms with Crippen molar-refractivity contribution in [1.82, 2.24) is 5.32 Å². The molecule has 4 bridgehead atoms. The molecule has 0 spiro atoms. The smallest absolute Gasteiger partial charge is 0.269 e. The Bertz CT molecular complexity index is 583. The van der Waals surface area contributed by atoms with Gasteiger partial charge in [-0.25, -0.2) is 0 Å². The molecule has 22 heavy (non-hydrogen) atoms. The van der Waals surface area contributed by atoms with Crippen LogP contribution in [0.2, 0.25) is 0 Å². The molecule has 5 rings (SSSR count). The van der Waals surface area contributed by atoms with Crippen molar-refractivity contribution >= 4 is 11.6 Å². The first-order valence-electron chi connectivity index (χ1n) is 8.15. The molecule has 0 aromatic heterocycles. The van der Waals surface area contributed by atoms with Crippen molar-refractivity contribution in [2.45, 2.75) is 38.1 Å². The Morgan fingerprint density at radius 3 is 2.05 bits per heavy atom. The molecule has 5 heteroatoms. The number of carbonyl (C=O) groups is 1. The number of rotatable bonds is 3. The lowest BCUT2D eigenvalue weighted by Crippen LogP contribution is -2.55. The lowest BCUT2D eigenvalue weighted by atomic mass is 9.54. The molecule has 4 fully saturated rings. The second-order valence-electron chi connectivity index (χ2n) is 7.23. The van der Waals surface area contributed by atoms with Crippen molar-refractivity contribution in [3.63, 3.8) is 0 Å². The van der Waals surface area contributed by atoms with Crippen LogP contribution in [0.3, 0.4) is 0 Å². The molecule has 116 valence electrons. The first-order valence-corrected chi connectivity index (χ1v) is 8.15. The van der Waals surface area contributed by atoms with Gasteiger partial charge in [0.05, 0.1) is 4.92 Å². The van der Waals surface area contributed by atoms with Crippen LogP contribution in [-0.2, 0) is 0 Å². The Kier molecular flexibility index (Phi) is 3.17. The third kappa shape index (κ3) is 2.28. The van der Waals surface area contributed by atoms with E-state index >= 15 is 0 Å². The van der Waals surface area contributed by atoms with Gasteiger partial charge in [-0.2, -0.15) is 0 Å². The fourth-order valence-corrected chi connectivity index (χ4v) is 5.13. The van der Waals surface area contributed by atoms with Crippen LogP contribution in [0.15, 0.2) is 24.3 Å². The van der Waals surface area contributed by atoms with E-state index in [0.717, 1.165) is 11.8 Å². The number of benzene rings is 1. The number of amides is 1. The van der Waals surface area contributed by atoms with Gasteiger partial charge in [-0.3, -0.25) is 14.9 Å². The number of nitro benzene ring substituents is 1. The van der Waals surface area contributed by atoms with Crippen LogP contribution < -0.4 is 5.32 Å². The monoisotopic (exact) mass is 300 g/mol. The largest absolute Gasteiger partial charge is 0.349 e. The highest BCUT2D eigenvalue weighted by Crippen LogP contribution is 2.53. The second kappa shape index (κ2) is 5.07. The van der Waals surface area contributed by atoms with Crippen molar-refractivity contribution in [3.8, 4) is 0 Å². The molecule has 1 aromatic rings. The summed E-state index contributed by atoms with van der Waals surface area (Å²) in [6.07, 6.45) is 6.45. The summed E-state index contributed by atoms with van der Waals surface area (Å²) >= 11 is 0. The molecule has 1 aromatic carbocycles. The van der Waals surface area contributed by atoms with Crippen molar-refractivity contribution < 1.29 is 9.72 Å². The van der Waals surface area contributed by atoms with Gasteiger partial charge in [0, 0.05) is 23.7 Å². The third-order valence-corrected chi connectivity index (χ3v) is 5.86. The first-order chi connectivity index (χ1) is 10.6. The van der Waals surface area contributed by atoms with Crippen LogP contribution >= 0.6 is 0 Å². The van der Waals surface area contributed by atoms with E-state index in [1.165, 1.54) is 44.2 Å². The molecule has 0 aliphatic heterocycles. The van der Waals surface area contributed by atoms with Crippen LogP contribution in [0.4, 0.5) is 5.69 Å². The molecular weight excluding hydrogens is 280 g/mol. The van der Waals surface area contributed by atoms with Gasteiger partial charge < -0.3 is 5.32 Å². The number of non-ortho nitro benzene ring substituents is 1. The zero-order chi connectivity index (χ0) is 15.3. The van der Waals surface area contributed by atoms with E-state index in [4.69, 9.17) is 0 Å². The van der Waals surface area contributed by atoms with E-state index in [1.54, 1.807) is 12.1 Å². The Labute approximate surface area is 129 Å². The van der Waals surface area contributed by atoms with Gasteiger partial charge in [0.1, 0.15) is 0 Å². The summed E-state index contributed by atoms with van der Waals surface area (Å²) in [5, 5.41) is 13.9. The zero-order valence-corrected chi connectivity index (χ0v) is 12.4. The van der Waals surface area contributed by atoms with Gasteiger partial charge in [0.25, 0.3) is 11.6 Å². The first kappa shape index (κ1) is 13.7. The van der Waals surface area contributed by atoms with Gasteiger partial charge in [-0.05, 0) is 67.9 Å². The Hall–Kier alpha value is -1.91.